The van der Waals surface area contributed by atoms with E-state index >= 15 is 0 Å². The summed E-state index contributed by atoms with van der Waals surface area (Å²) in [6.07, 6.45) is -0.556. The fourth-order valence-corrected chi connectivity index (χ4v) is 3.15. The summed E-state index contributed by atoms with van der Waals surface area (Å²) in [4.78, 5) is 0. The molecule has 4 rings (SSSR count). The summed E-state index contributed by atoms with van der Waals surface area (Å²) < 4.78 is 12.1. The van der Waals surface area contributed by atoms with Gasteiger partial charge in [0.2, 0.25) is 0 Å². The standard InChI is InChI=1S/C20H19NO2/c21-18-13-22-20(23-19(18)15-8-2-1-3-9-15)17-12-6-10-14-7-4-5-11-16(14)17/h1-12,18-20H,13,21H2/t18-,19-,20+/m0/s1. The van der Waals surface area contributed by atoms with E-state index in [0.29, 0.717) is 6.61 Å². The van der Waals surface area contributed by atoms with Crippen molar-refractivity contribution >= 4 is 10.8 Å². The molecule has 0 saturated carbocycles. The van der Waals surface area contributed by atoms with Gasteiger partial charge in [0, 0.05) is 5.56 Å². The Morgan fingerprint density at radius 1 is 0.826 bits per heavy atom. The summed E-state index contributed by atoms with van der Waals surface area (Å²) in [6.45, 7) is 0.480. The Balaban J connectivity index is 1.69. The molecule has 0 unspecified atom stereocenters. The van der Waals surface area contributed by atoms with E-state index in [1.54, 1.807) is 0 Å². The molecule has 2 N–H and O–H groups in total. The van der Waals surface area contributed by atoms with Crippen molar-refractivity contribution in [1.29, 1.82) is 0 Å². The van der Waals surface area contributed by atoms with Crippen LogP contribution in [0.5, 0.6) is 0 Å². The Hall–Kier alpha value is -2.20. The molecule has 1 aliphatic rings. The molecule has 3 nitrogen and oxygen atoms in total. The predicted octanol–water partition coefficient (Wildman–Crippen LogP) is 3.95. The lowest BCUT2D eigenvalue weighted by Gasteiger charge is -2.35. The van der Waals surface area contributed by atoms with Crippen molar-refractivity contribution in [3.05, 3.63) is 83.9 Å². The molecular formula is C20H19NO2. The lowest BCUT2D eigenvalue weighted by Crippen LogP contribution is -2.40. The summed E-state index contributed by atoms with van der Waals surface area (Å²) in [7, 11) is 0. The van der Waals surface area contributed by atoms with Crippen LogP contribution < -0.4 is 5.73 Å². The average Bonchev–Trinajstić information content (AvgIpc) is 2.62. The molecule has 3 heteroatoms. The van der Waals surface area contributed by atoms with Crippen molar-refractivity contribution in [3.63, 3.8) is 0 Å². The largest absolute Gasteiger partial charge is 0.347 e. The highest BCUT2D eigenvalue weighted by molar-refractivity contribution is 5.85. The van der Waals surface area contributed by atoms with Crippen LogP contribution in [0, 0.1) is 0 Å². The van der Waals surface area contributed by atoms with Crippen LogP contribution in [-0.4, -0.2) is 12.6 Å². The second kappa shape index (κ2) is 6.13. The quantitative estimate of drug-likeness (QED) is 0.779. The molecule has 1 heterocycles. The molecule has 3 aromatic rings. The topological polar surface area (TPSA) is 44.5 Å². The Bertz CT molecular complexity index is 798. The normalized spacial score (nSPS) is 24.7. The third-order valence-electron chi connectivity index (χ3n) is 4.30. The van der Waals surface area contributed by atoms with Crippen LogP contribution in [0.15, 0.2) is 72.8 Å². The van der Waals surface area contributed by atoms with Gasteiger partial charge in [-0.25, -0.2) is 0 Å². The van der Waals surface area contributed by atoms with Gasteiger partial charge in [-0.05, 0) is 16.3 Å². The zero-order chi connectivity index (χ0) is 15.6. The maximum absolute atomic E-state index is 6.23. The van der Waals surface area contributed by atoms with E-state index < -0.39 is 6.29 Å². The Morgan fingerprint density at radius 2 is 1.57 bits per heavy atom. The van der Waals surface area contributed by atoms with E-state index in [2.05, 4.69) is 36.4 Å². The number of ether oxygens (including phenoxy) is 2. The van der Waals surface area contributed by atoms with Crippen molar-refractivity contribution in [2.24, 2.45) is 5.73 Å². The van der Waals surface area contributed by atoms with Crippen molar-refractivity contribution < 1.29 is 9.47 Å². The third-order valence-corrected chi connectivity index (χ3v) is 4.30. The minimum absolute atomic E-state index is 0.158. The maximum atomic E-state index is 6.23. The molecule has 3 aromatic carbocycles. The molecule has 0 spiro atoms. The minimum Gasteiger partial charge on any atom is -0.347 e. The Kier molecular flexibility index (Phi) is 3.83. The first kappa shape index (κ1) is 14.4. The summed E-state index contributed by atoms with van der Waals surface area (Å²) in [5, 5.41) is 2.34. The minimum atomic E-state index is -0.397. The highest BCUT2D eigenvalue weighted by Gasteiger charge is 2.32. The van der Waals surface area contributed by atoms with E-state index in [4.69, 9.17) is 15.2 Å². The maximum Gasteiger partial charge on any atom is 0.185 e. The van der Waals surface area contributed by atoms with Crippen LogP contribution in [0.3, 0.4) is 0 Å². The van der Waals surface area contributed by atoms with Crippen LogP contribution >= 0.6 is 0 Å². The number of hydrogen-bond acceptors (Lipinski definition) is 3. The van der Waals surface area contributed by atoms with Gasteiger partial charge < -0.3 is 15.2 Å². The number of hydrogen-bond donors (Lipinski definition) is 1. The predicted molar refractivity (Wildman–Crippen MR) is 90.9 cm³/mol. The van der Waals surface area contributed by atoms with Gasteiger partial charge in [-0.2, -0.15) is 0 Å². The Morgan fingerprint density at radius 3 is 2.43 bits per heavy atom. The molecule has 0 aromatic heterocycles. The molecule has 1 fully saturated rings. The smallest absolute Gasteiger partial charge is 0.185 e. The summed E-state index contributed by atoms with van der Waals surface area (Å²) in [6, 6.07) is 24.4. The van der Waals surface area contributed by atoms with E-state index in [1.807, 2.05) is 36.4 Å². The van der Waals surface area contributed by atoms with Crippen molar-refractivity contribution in [3.8, 4) is 0 Å². The number of rotatable bonds is 2. The molecule has 23 heavy (non-hydrogen) atoms. The molecule has 1 aliphatic heterocycles. The van der Waals surface area contributed by atoms with Crippen molar-refractivity contribution in [1.82, 2.24) is 0 Å². The number of nitrogens with two attached hydrogens (primary N) is 1. The molecule has 0 aliphatic carbocycles. The first-order valence-corrected chi connectivity index (χ1v) is 7.88. The van der Waals surface area contributed by atoms with E-state index in [-0.39, 0.29) is 12.1 Å². The Labute approximate surface area is 135 Å². The first-order chi connectivity index (χ1) is 11.3. The molecule has 0 radical (unpaired) electrons. The van der Waals surface area contributed by atoms with Crippen LogP contribution in [0.25, 0.3) is 10.8 Å². The molecule has 3 atom stereocenters. The van der Waals surface area contributed by atoms with Gasteiger partial charge >= 0.3 is 0 Å². The van der Waals surface area contributed by atoms with Crippen LogP contribution in [0.2, 0.25) is 0 Å². The fourth-order valence-electron chi connectivity index (χ4n) is 3.15. The van der Waals surface area contributed by atoms with Gasteiger partial charge in [-0.3, -0.25) is 0 Å². The van der Waals surface area contributed by atoms with Gasteiger partial charge in [0.15, 0.2) is 6.29 Å². The van der Waals surface area contributed by atoms with Crippen LogP contribution in [0.4, 0.5) is 0 Å². The van der Waals surface area contributed by atoms with Crippen molar-refractivity contribution in [2.45, 2.75) is 18.4 Å². The molecule has 116 valence electrons. The van der Waals surface area contributed by atoms with E-state index in [0.717, 1.165) is 16.5 Å². The zero-order valence-corrected chi connectivity index (χ0v) is 12.8. The van der Waals surface area contributed by atoms with Gasteiger partial charge in [0.25, 0.3) is 0 Å². The number of fused-ring (bicyclic) bond motifs is 1. The van der Waals surface area contributed by atoms with E-state index in [9.17, 15) is 0 Å². The molecule has 0 amide bonds. The highest BCUT2D eigenvalue weighted by Crippen LogP contribution is 2.36. The third kappa shape index (κ3) is 2.75. The molecule has 1 saturated heterocycles. The van der Waals surface area contributed by atoms with Crippen molar-refractivity contribution in [2.75, 3.05) is 6.61 Å². The average molecular weight is 305 g/mol. The lowest BCUT2D eigenvalue weighted by atomic mass is 10.0. The SMILES string of the molecule is N[C@H]1CO[C@@H](c2cccc3ccccc23)O[C@H]1c1ccccc1. The van der Waals surface area contributed by atoms with Gasteiger partial charge in [0.05, 0.1) is 12.6 Å². The highest BCUT2D eigenvalue weighted by atomic mass is 16.7. The van der Waals surface area contributed by atoms with Gasteiger partial charge in [0.1, 0.15) is 6.10 Å². The van der Waals surface area contributed by atoms with E-state index in [1.165, 1.54) is 5.39 Å². The molecule has 0 bridgehead atoms. The fraction of sp³-hybridized carbons (Fsp3) is 0.200. The summed E-state index contributed by atoms with van der Waals surface area (Å²) in [5.41, 5.74) is 8.36. The van der Waals surface area contributed by atoms with Gasteiger partial charge in [-0.15, -0.1) is 0 Å². The number of benzene rings is 3. The first-order valence-electron chi connectivity index (χ1n) is 7.88. The second-order valence-corrected chi connectivity index (χ2v) is 5.86. The summed E-state index contributed by atoms with van der Waals surface area (Å²) >= 11 is 0. The summed E-state index contributed by atoms with van der Waals surface area (Å²) in [5.74, 6) is 0. The zero-order valence-electron chi connectivity index (χ0n) is 12.8. The van der Waals surface area contributed by atoms with Crippen LogP contribution in [-0.2, 0) is 9.47 Å². The lowest BCUT2D eigenvalue weighted by molar-refractivity contribution is -0.226. The second-order valence-electron chi connectivity index (χ2n) is 5.86. The monoisotopic (exact) mass is 305 g/mol. The van der Waals surface area contributed by atoms with Gasteiger partial charge in [-0.1, -0.05) is 72.8 Å². The van der Waals surface area contributed by atoms with Crippen LogP contribution in [0.1, 0.15) is 23.5 Å². The molecular weight excluding hydrogens is 286 g/mol.